The van der Waals surface area contributed by atoms with Gasteiger partial charge in [0.05, 0.1) is 5.60 Å². The quantitative estimate of drug-likeness (QED) is 0.799. The second-order valence-electron chi connectivity index (χ2n) is 5.16. The van der Waals surface area contributed by atoms with Crippen LogP contribution in [-0.4, -0.2) is 34.2 Å². The molecule has 3 nitrogen and oxygen atoms in total. The highest BCUT2D eigenvalue weighted by molar-refractivity contribution is 7.80. The zero-order valence-electron chi connectivity index (χ0n) is 10.9. The topological polar surface area (TPSA) is 49.5 Å². The fourth-order valence-corrected chi connectivity index (χ4v) is 1.96. The van der Waals surface area contributed by atoms with Gasteiger partial charge in [-0.1, -0.05) is 24.4 Å². The number of benzene rings is 1. The van der Waals surface area contributed by atoms with Crippen molar-refractivity contribution in [2.75, 3.05) is 13.6 Å². The first-order valence-electron chi connectivity index (χ1n) is 5.68. The number of hydrogen-bond acceptors (Lipinski definition) is 3. The van der Waals surface area contributed by atoms with E-state index in [1.54, 1.807) is 26.0 Å². The molecule has 0 aliphatic rings. The summed E-state index contributed by atoms with van der Waals surface area (Å²) in [5.74, 6) is -0.331. The van der Waals surface area contributed by atoms with Crippen LogP contribution in [0.1, 0.15) is 25.0 Å². The van der Waals surface area contributed by atoms with Crippen LogP contribution in [0, 0.1) is 5.82 Å². The Morgan fingerprint density at radius 1 is 1.50 bits per heavy atom. The molecule has 0 aliphatic heterocycles. The molecule has 0 aromatic heterocycles. The van der Waals surface area contributed by atoms with Crippen molar-refractivity contribution in [1.82, 2.24) is 4.90 Å². The molecule has 0 spiro atoms. The molecule has 18 heavy (non-hydrogen) atoms. The number of nitrogens with two attached hydrogens (primary N) is 1. The largest absolute Gasteiger partial charge is 0.389 e. The first kappa shape index (κ1) is 15.0. The van der Waals surface area contributed by atoms with E-state index < -0.39 is 5.60 Å². The standard InChI is InChI=1S/C13H19FN2OS/c1-13(2,17)8-16(3)7-10-5-4-9(12(15)18)6-11(10)14/h4-6,17H,7-8H2,1-3H3,(H2,15,18). The zero-order valence-corrected chi connectivity index (χ0v) is 11.7. The number of hydrogen-bond donors (Lipinski definition) is 2. The summed E-state index contributed by atoms with van der Waals surface area (Å²) in [7, 11) is 1.83. The van der Waals surface area contributed by atoms with Crippen LogP contribution in [-0.2, 0) is 6.54 Å². The fourth-order valence-electron chi connectivity index (χ4n) is 1.84. The molecule has 0 saturated heterocycles. The maximum Gasteiger partial charge on any atom is 0.128 e. The Kier molecular flexibility index (Phi) is 4.78. The van der Waals surface area contributed by atoms with Crippen molar-refractivity contribution in [2.45, 2.75) is 26.0 Å². The highest BCUT2D eigenvalue weighted by atomic mass is 32.1. The van der Waals surface area contributed by atoms with Crippen molar-refractivity contribution in [3.63, 3.8) is 0 Å². The molecule has 0 amide bonds. The van der Waals surface area contributed by atoms with E-state index in [-0.39, 0.29) is 10.8 Å². The van der Waals surface area contributed by atoms with Crippen LogP contribution in [0.3, 0.4) is 0 Å². The maximum atomic E-state index is 13.8. The molecule has 0 fully saturated rings. The third-order valence-electron chi connectivity index (χ3n) is 2.43. The van der Waals surface area contributed by atoms with Gasteiger partial charge in [-0.25, -0.2) is 4.39 Å². The summed E-state index contributed by atoms with van der Waals surface area (Å²) in [4.78, 5) is 2.05. The van der Waals surface area contributed by atoms with E-state index >= 15 is 0 Å². The Hall–Kier alpha value is -1.04. The molecule has 3 N–H and O–H groups in total. The van der Waals surface area contributed by atoms with Gasteiger partial charge < -0.3 is 10.8 Å². The number of thiocarbonyl (C=S) groups is 1. The Bertz CT molecular complexity index is 443. The van der Waals surface area contributed by atoms with Gasteiger partial charge in [-0.2, -0.15) is 0 Å². The molecule has 1 aromatic carbocycles. The van der Waals surface area contributed by atoms with E-state index in [9.17, 15) is 9.50 Å². The maximum absolute atomic E-state index is 13.8. The average molecular weight is 270 g/mol. The molecule has 0 heterocycles. The third-order valence-corrected chi connectivity index (χ3v) is 2.67. The number of aliphatic hydroxyl groups is 1. The van der Waals surface area contributed by atoms with Crippen molar-refractivity contribution < 1.29 is 9.50 Å². The van der Waals surface area contributed by atoms with E-state index in [2.05, 4.69) is 0 Å². The second kappa shape index (κ2) is 5.73. The molecular formula is C13H19FN2OS. The summed E-state index contributed by atoms with van der Waals surface area (Å²) >= 11 is 4.79. The van der Waals surface area contributed by atoms with E-state index in [0.29, 0.717) is 24.2 Å². The van der Waals surface area contributed by atoms with Crippen LogP contribution in [0.25, 0.3) is 0 Å². The summed E-state index contributed by atoms with van der Waals surface area (Å²) in [6.45, 7) is 4.32. The van der Waals surface area contributed by atoms with Crippen molar-refractivity contribution in [3.8, 4) is 0 Å². The van der Waals surface area contributed by atoms with Crippen LogP contribution in [0.5, 0.6) is 0 Å². The molecule has 0 saturated carbocycles. The lowest BCUT2D eigenvalue weighted by atomic mass is 10.1. The van der Waals surface area contributed by atoms with E-state index in [1.807, 2.05) is 11.9 Å². The van der Waals surface area contributed by atoms with E-state index in [0.717, 1.165) is 0 Å². The first-order valence-corrected chi connectivity index (χ1v) is 6.09. The van der Waals surface area contributed by atoms with Crippen molar-refractivity contribution in [1.29, 1.82) is 0 Å². The van der Waals surface area contributed by atoms with Gasteiger partial charge in [0.1, 0.15) is 10.8 Å². The van der Waals surface area contributed by atoms with Gasteiger partial charge in [-0.3, -0.25) is 4.90 Å². The van der Waals surface area contributed by atoms with Crippen LogP contribution in [0.15, 0.2) is 18.2 Å². The highest BCUT2D eigenvalue weighted by Crippen LogP contribution is 2.14. The number of likely N-dealkylation sites (N-methyl/N-ethyl adjacent to an activating group) is 1. The first-order chi connectivity index (χ1) is 8.19. The second-order valence-corrected chi connectivity index (χ2v) is 5.59. The van der Waals surface area contributed by atoms with Crippen LogP contribution in [0.2, 0.25) is 0 Å². The Morgan fingerprint density at radius 2 is 2.11 bits per heavy atom. The Morgan fingerprint density at radius 3 is 2.56 bits per heavy atom. The summed E-state index contributed by atoms with van der Waals surface area (Å²) < 4.78 is 13.8. The fraction of sp³-hybridized carbons (Fsp3) is 0.462. The average Bonchev–Trinajstić information content (AvgIpc) is 2.17. The third kappa shape index (κ3) is 4.68. The molecule has 0 bridgehead atoms. The van der Waals surface area contributed by atoms with E-state index in [1.165, 1.54) is 6.07 Å². The highest BCUT2D eigenvalue weighted by Gasteiger charge is 2.16. The minimum atomic E-state index is -0.802. The number of rotatable bonds is 5. The zero-order chi connectivity index (χ0) is 13.9. The molecule has 0 unspecified atom stereocenters. The molecule has 1 aromatic rings. The number of nitrogens with zero attached hydrogens (tertiary/aromatic N) is 1. The minimum Gasteiger partial charge on any atom is -0.389 e. The summed E-state index contributed by atoms with van der Waals surface area (Å²) in [5, 5.41) is 9.68. The van der Waals surface area contributed by atoms with Gasteiger partial charge in [-0.05, 0) is 27.0 Å². The summed E-state index contributed by atoms with van der Waals surface area (Å²) in [6, 6.07) is 4.72. The van der Waals surface area contributed by atoms with Crippen molar-refractivity contribution >= 4 is 17.2 Å². The Labute approximate surface area is 112 Å². The molecule has 100 valence electrons. The molecule has 1 rings (SSSR count). The lowest BCUT2D eigenvalue weighted by Gasteiger charge is -2.25. The number of halogens is 1. The van der Waals surface area contributed by atoms with Crippen molar-refractivity contribution in [3.05, 3.63) is 35.1 Å². The molecular weight excluding hydrogens is 251 g/mol. The predicted molar refractivity (Wildman–Crippen MR) is 74.9 cm³/mol. The van der Waals surface area contributed by atoms with Gasteiger partial charge in [0, 0.05) is 24.2 Å². The van der Waals surface area contributed by atoms with Gasteiger partial charge in [-0.15, -0.1) is 0 Å². The van der Waals surface area contributed by atoms with Crippen LogP contribution in [0.4, 0.5) is 4.39 Å². The molecule has 0 radical (unpaired) electrons. The lowest BCUT2D eigenvalue weighted by Crippen LogP contribution is -2.36. The van der Waals surface area contributed by atoms with Crippen molar-refractivity contribution in [2.24, 2.45) is 5.73 Å². The predicted octanol–water partition coefficient (Wildman–Crippen LogP) is 1.66. The smallest absolute Gasteiger partial charge is 0.128 e. The van der Waals surface area contributed by atoms with Gasteiger partial charge in [0.25, 0.3) is 0 Å². The lowest BCUT2D eigenvalue weighted by molar-refractivity contribution is 0.0422. The molecule has 0 atom stereocenters. The monoisotopic (exact) mass is 270 g/mol. The van der Waals surface area contributed by atoms with E-state index in [4.69, 9.17) is 18.0 Å². The van der Waals surface area contributed by atoms with Gasteiger partial charge in [0.2, 0.25) is 0 Å². The van der Waals surface area contributed by atoms with Crippen LogP contribution < -0.4 is 5.73 Å². The molecule has 5 heteroatoms. The van der Waals surface area contributed by atoms with Crippen LogP contribution >= 0.6 is 12.2 Å². The SMILES string of the molecule is CN(Cc1ccc(C(N)=S)cc1F)CC(C)(C)O. The molecule has 0 aliphatic carbocycles. The van der Waals surface area contributed by atoms with Gasteiger partial charge >= 0.3 is 0 Å². The summed E-state index contributed by atoms with van der Waals surface area (Å²) in [6.07, 6.45) is 0. The van der Waals surface area contributed by atoms with Gasteiger partial charge in [0.15, 0.2) is 0 Å². The normalized spacial score (nSPS) is 11.9. The minimum absolute atomic E-state index is 0.185. The Balaban J connectivity index is 2.77. The summed E-state index contributed by atoms with van der Waals surface area (Å²) in [5.41, 5.74) is 5.72.